The third kappa shape index (κ3) is 2.32. The Bertz CT molecular complexity index is 290. The number of furan rings is 1. The highest BCUT2D eigenvalue weighted by atomic mass is 16.5. The summed E-state index contributed by atoms with van der Waals surface area (Å²) in [5.74, 6) is 0.186. The lowest BCUT2D eigenvalue weighted by molar-refractivity contribution is -0.154. The largest absolute Gasteiger partial charge is 0.464 e. The lowest BCUT2D eigenvalue weighted by atomic mass is 10.3. The second-order valence-corrected chi connectivity index (χ2v) is 2.60. The van der Waals surface area contributed by atoms with Crippen LogP contribution in [0.1, 0.15) is 24.5 Å². The molecular formula is C9H12O4. The van der Waals surface area contributed by atoms with E-state index in [-0.39, 0.29) is 12.4 Å². The Morgan fingerprint density at radius 1 is 1.69 bits per heavy atom. The molecule has 1 heterocycles. The number of hydrogen-bond acceptors (Lipinski definition) is 4. The fourth-order valence-corrected chi connectivity index (χ4v) is 0.938. The zero-order valence-electron chi connectivity index (χ0n) is 7.61. The van der Waals surface area contributed by atoms with E-state index in [1.165, 1.54) is 0 Å². The maximum absolute atomic E-state index is 11.0. The van der Waals surface area contributed by atoms with Crippen molar-refractivity contribution >= 4 is 5.97 Å². The van der Waals surface area contributed by atoms with Crippen molar-refractivity contribution in [3.63, 3.8) is 0 Å². The quantitative estimate of drug-likeness (QED) is 0.716. The van der Waals surface area contributed by atoms with Crippen molar-refractivity contribution in [3.05, 3.63) is 23.7 Å². The number of carbonyl (C=O) groups excluding carboxylic acids is 1. The summed E-state index contributed by atoms with van der Waals surface area (Å²) in [7, 11) is 0. The number of ether oxygens (including phenoxy) is 1. The highest BCUT2D eigenvalue weighted by Crippen LogP contribution is 2.16. The molecule has 0 aromatic carbocycles. The van der Waals surface area contributed by atoms with Crippen molar-refractivity contribution in [3.8, 4) is 0 Å². The van der Waals surface area contributed by atoms with Gasteiger partial charge in [0.25, 0.3) is 0 Å². The van der Waals surface area contributed by atoms with Gasteiger partial charge in [0.1, 0.15) is 11.5 Å². The molecule has 0 aliphatic heterocycles. The molecule has 1 aromatic rings. The van der Waals surface area contributed by atoms with Gasteiger partial charge in [0.15, 0.2) is 0 Å². The molecule has 4 heteroatoms. The van der Waals surface area contributed by atoms with Crippen LogP contribution in [0.25, 0.3) is 0 Å². The van der Waals surface area contributed by atoms with Gasteiger partial charge in [-0.2, -0.15) is 0 Å². The number of hydrogen-bond donors (Lipinski definition) is 1. The Labute approximate surface area is 76.1 Å². The van der Waals surface area contributed by atoms with E-state index in [0.29, 0.717) is 5.76 Å². The van der Waals surface area contributed by atoms with Gasteiger partial charge in [-0.15, -0.1) is 0 Å². The summed E-state index contributed by atoms with van der Waals surface area (Å²) in [6, 6.07) is 3.23. The van der Waals surface area contributed by atoms with Crippen molar-refractivity contribution in [1.29, 1.82) is 0 Å². The maximum Gasteiger partial charge on any atom is 0.342 e. The topological polar surface area (TPSA) is 59.7 Å². The van der Waals surface area contributed by atoms with Gasteiger partial charge in [0.2, 0.25) is 6.10 Å². The second kappa shape index (κ2) is 4.09. The van der Waals surface area contributed by atoms with Crippen LogP contribution in [0.15, 0.2) is 16.5 Å². The van der Waals surface area contributed by atoms with Crippen LogP contribution in [-0.4, -0.2) is 17.7 Å². The third-order valence-corrected chi connectivity index (χ3v) is 1.54. The normalized spacial score (nSPS) is 12.5. The van der Waals surface area contributed by atoms with Crippen molar-refractivity contribution in [2.75, 3.05) is 6.61 Å². The van der Waals surface area contributed by atoms with Gasteiger partial charge in [0, 0.05) is 0 Å². The lowest BCUT2D eigenvalue weighted by Crippen LogP contribution is -2.14. The Balaban J connectivity index is 2.67. The molecule has 0 bridgehead atoms. The molecule has 0 saturated heterocycles. The molecular weight excluding hydrogens is 172 g/mol. The van der Waals surface area contributed by atoms with Gasteiger partial charge in [-0.3, -0.25) is 0 Å². The van der Waals surface area contributed by atoms with Gasteiger partial charge < -0.3 is 14.3 Å². The summed E-state index contributed by atoms with van der Waals surface area (Å²) in [4.78, 5) is 11.0. The van der Waals surface area contributed by atoms with Gasteiger partial charge in [0.05, 0.1) is 6.61 Å². The molecule has 0 aliphatic carbocycles. The van der Waals surface area contributed by atoms with Crippen LogP contribution in [0, 0.1) is 6.92 Å². The summed E-state index contributed by atoms with van der Waals surface area (Å²) in [5, 5.41) is 9.37. The second-order valence-electron chi connectivity index (χ2n) is 2.60. The van der Waals surface area contributed by atoms with E-state index in [1.54, 1.807) is 26.0 Å². The van der Waals surface area contributed by atoms with E-state index in [1.807, 2.05) is 0 Å². The minimum absolute atomic E-state index is 0.218. The summed E-state index contributed by atoms with van der Waals surface area (Å²) < 4.78 is 9.68. The van der Waals surface area contributed by atoms with Crippen LogP contribution < -0.4 is 0 Å². The van der Waals surface area contributed by atoms with E-state index in [0.717, 1.165) is 0 Å². The van der Waals surface area contributed by atoms with Crippen molar-refractivity contribution in [1.82, 2.24) is 0 Å². The molecule has 1 rings (SSSR count). The molecule has 0 fully saturated rings. The molecule has 1 N–H and O–H groups in total. The molecule has 4 nitrogen and oxygen atoms in total. The van der Waals surface area contributed by atoms with E-state index in [9.17, 15) is 9.90 Å². The first-order chi connectivity index (χ1) is 6.15. The Morgan fingerprint density at radius 3 is 2.85 bits per heavy atom. The molecule has 0 aliphatic rings. The fraction of sp³-hybridized carbons (Fsp3) is 0.444. The molecule has 1 aromatic heterocycles. The number of esters is 1. The van der Waals surface area contributed by atoms with Gasteiger partial charge in [-0.25, -0.2) is 4.79 Å². The van der Waals surface area contributed by atoms with Gasteiger partial charge in [-0.05, 0) is 26.0 Å². The summed E-state index contributed by atoms with van der Waals surface area (Å²) in [5.41, 5.74) is 0. The number of rotatable bonds is 3. The molecule has 72 valence electrons. The number of carbonyl (C=O) groups is 1. The third-order valence-electron chi connectivity index (χ3n) is 1.54. The number of aliphatic hydroxyl groups is 1. The molecule has 0 radical (unpaired) electrons. The smallest absolute Gasteiger partial charge is 0.342 e. The van der Waals surface area contributed by atoms with E-state index < -0.39 is 12.1 Å². The zero-order chi connectivity index (χ0) is 9.84. The summed E-state index contributed by atoms with van der Waals surface area (Å²) in [6.07, 6.45) is -1.31. The molecule has 1 atom stereocenters. The van der Waals surface area contributed by atoms with E-state index >= 15 is 0 Å². The zero-order valence-corrected chi connectivity index (χ0v) is 7.61. The van der Waals surface area contributed by atoms with Crippen molar-refractivity contribution < 1.29 is 19.1 Å². The number of aryl methyl sites for hydroxylation is 1. The molecule has 0 spiro atoms. The first-order valence-electron chi connectivity index (χ1n) is 4.06. The lowest BCUT2D eigenvalue weighted by Gasteiger charge is -2.05. The first-order valence-corrected chi connectivity index (χ1v) is 4.06. The molecule has 0 amide bonds. The van der Waals surface area contributed by atoms with Crippen LogP contribution >= 0.6 is 0 Å². The predicted octanol–water partition coefficient (Wildman–Crippen LogP) is 1.18. The minimum atomic E-state index is -1.31. The summed E-state index contributed by atoms with van der Waals surface area (Å²) >= 11 is 0. The first kappa shape index (κ1) is 9.80. The van der Waals surface area contributed by atoms with Crippen LogP contribution in [-0.2, 0) is 9.53 Å². The van der Waals surface area contributed by atoms with E-state index in [2.05, 4.69) is 4.74 Å². The fourth-order valence-electron chi connectivity index (χ4n) is 0.938. The average Bonchev–Trinajstić information content (AvgIpc) is 2.51. The van der Waals surface area contributed by atoms with Crippen LogP contribution in [0.2, 0.25) is 0 Å². The SMILES string of the molecule is CCOC(=O)[C@H](O)c1ccc(C)o1. The van der Waals surface area contributed by atoms with Gasteiger partial charge in [-0.1, -0.05) is 0 Å². The van der Waals surface area contributed by atoms with E-state index in [4.69, 9.17) is 4.42 Å². The highest BCUT2D eigenvalue weighted by molar-refractivity contribution is 5.75. The van der Waals surface area contributed by atoms with Crippen molar-refractivity contribution in [2.24, 2.45) is 0 Å². The van der Waals surface area contributed by atoms with Crippen LogP contribution in [0.4, 0.5) is 0 Å². The molecule has 13 heavy (non-hydrogen) atoms. The summed E-state index contributed by atoms with van der Waals surface area (Å²) in [6.45, 7) is 3.66. The van der Waals surface area contributed by atoms with Crippen molar-refractivity contribution in [2.45, 2.75) is 20.0 Å². The Morgan fingerprint density at radius 2 is 2.38 bits per heavy atom. The monoisotopic (exact) mass is 184 g/mol. The highest BCUT2D eigenvalue weighted by Gasteiger charge is 2.21. The molecule has 0 saturated carbocycles. The standard InChI is InChI=1S/C9H12O4/c1-3-12-9(11)8(10)7-5-4-6(2)13-7/h4-5,8,10H,3H2,1-2H3/t8-/m1/s1. The van der Waals surface area contributed by atoms with Crippen LogP contribution in [0.3, 0.4) is 0 Å². The van der Waals surface area contributed by atoms with Gasteiger partial charge >= 0.3 is 5.97 Å². The predicted molar refractivity (Wildman–Crippen MR) is 45.0 cm³/mol. The average molecular weight is 184 g/mol. The minimum Gasteiger partial charge on any atom is -0.464 e. The number of aliphatic hydroxyl groups excluding tert-OH is 1. The molecule has 0 unspecified atom stereocenters. The Kier molecular flexibility index (Phi) is 3.08. The van der Waals surface area contributed by atoms with Crippen LogP contribution in [0.5, 0.6) is 0 Å². The Hall–Kier alpha value is -1.29. The maximum atomic E-state index is 11.0.